The van der Waals surface area contributed by atoms with Gasteiger partial charge >= 0.3 is 0 Å². The molecule has 8 heteroatoms. The highest BCUT2D eigenvalue weighted by Gasteiger charge is 2.23. The molecule has 25 heavy (non-hydrogen) atoms. The lowest BCUT2D eigenvalue weighted by Gasteiger charge is -2.34. The molecule has 0 N–H and O–H groups in total. The second-order valence-electron chi connectivity index (χ2n) is 6.30. The third kappa shape index (κ3) is 4.26. The molecule has 0 bridgehead atoms. The number of aryl methyl sites for hydroxylation is 1. The van der Waals surface area contributed by atoms with Crippen molar-refractivity contribution < 1.29 is 17.7 Å². The molecule has 2 aromatic rings. The van der Waals surface area contributed by atoms with Crippen molar-refractivity contribution in [3.05, 3.63) is 47.3 Å². The van der Waals surface area contributed by atoms with Gasteiger partial charge in [0.2, 0.25) is 0 Å². The number of piperazine rings is 1. The van der Waals surface area contributed by atoms with E-state index in [0.717, 1.165) is 30.8 Å². The summed E-state index contributed by atoms with van der Waals surface area (Å²) >= 11 is 0. The first-order chi connectivity index (χ1) is 11.8. The van der Waals surface area contributed by atoms with Crippen molar-refractivity contribution in [3.63, 3.8) is 0 Å². The predicted molar refractivity (Wildman–Crippen MR) is 92.0 cm³/mol. The van der Waals surface area contributed by atoms with Crippen LogP contribution in [0.15, 0.2) is 39.8 Å². The van der Waals surface area contributed by atoms with Crippen LogP contribution in [0.4, 0.5) is 0 Å². The summed E-state index contributed by atoms with van der Waals surface area (Å²) in [5.74, 6) is 0.754. The van der Waals surface area contributed by atoms with Crippen LogP contribution in [-0.4, -0.2) is 61.7 Å². The van der Waals surface area contributed by atoms with Gasteiger partial charge < -0.3 is 9.42 Å². The molecular weight excluding hydrogens is 342 g/mol. The van der Waals surface area contributed by atoms with Crippen LogP contribution < -0.4 is 0 Å². The quantitative estimate of drug-likeness (QED) is 0.815. The summed E-state index contributed by atoms with van der Waals surface area (Å²) in [5.41, 5.74) is 1.37. The highest BCUT2D eigenvalue weighted by molar-refractivity contribution is 7.90. The molecule has 134 valence electrons. The smallest absolute Gasteiger partial charge is 0.253 e. The standard InChI is InChI=1S/C17H21N3O4S/c1-13-11-15(24-18-13)12-19-7-9-20(10-8-19)17(21)14-3-5-16(6-4-14)25(2,22)23/h3-6,11H,7-10,12H2,1-2H3. The number of hydrogen-bond acceptors (Lipinski definition) is 6. The van der Waals surface area contributed by atoms with Crippen LogP contribution in [0.3, 0.4) is 0 Å². The molecule has 1 aromatic heterocycles. The van der Waals surface area contributed by atoms with E-state index in [1.165, 1.54) is 12.1 Å². The second kappa shape index (κ2) is 6.97. The van der Waals surface area contributed by atoms with Gasteiger partial charge in [0.15, 0.2) is 15.6 Å². The Balaban J connectivity index is 1.58. The summed E-state index contributed by atoms with van der Waals surface area (Å²) in [6, 6.07) is 8.02. The molecule has 1 saturated heterocycles. The second-order valence-corrected chi connectivity index (χ2v) is 8.32. The average Bonchev–Trinajstić information content (AvgIpc) is 2.99. The van der Waals surface area contributed by atoms with Crippen LogP contribution in [0, 0.1) is 6.92 Å². The number of hydrogen-bond donors (Lipinski definition) is 0. The number of carbonyl (C=O) groups is 1. The van der Waals surface area contributed by atoms with Gasteiger partial charge in [-0.15, -0.1) is 0 Å². The number of rotatable bonds is 4. The van der Waals surface area contributed by atoms with Gasteiger partial charge in [0.1, 0.15) is 0 Å². The van der Waals surface area contributed by atoms with Gasteiger partial charge in [-0.25, -0.2) is 8.42 Å². The Hall–Kier alpha value is -2.19. The number of sulfone groups is 1. The fraction of sp³-hybridized carbons (Fsp3) is 0.412. The summed E-state index contributed by atoms with van der Waals surface area (Å²) in [5, 5.41) is 3.88. The van der Waals surface area contributed by atoms with E-state index in [-0.39, 0.29) is 10.8 Å². The summed E-state index contributed by atoms with van der Waals surface area (Å²) < 4.78 is 28.2. The predicted octanol–water partition coefficient (Wildman–Crippen LogP) is 1.34. The Morgan fingerprint density at radius 2 is 1.80 bits per heavy atom. The summed E-state index contributed by atoms with van der Waals surface area (Å²) in [4.78, 5) is 16.8. The van der Waals surface area contributed by atoms with E-state index < -0.39 is 9.84 Å². The molecule has 0 aliphatic carbocycles. The molecule has 0 atom stereocenters. The van der Waals surface area contributed by atoms with Gasteiger partial charge in [-0.1, -0.05) is 5.16 Å². The molecule has 3 rings (SSSR count). The van der Waals surface area contributed by atoms with E-state index in [2.05, 4.69) is 10.1 Å². The SMILES string of the molecule is Cc1cc(CN2CCN(C(=O)c3ccc(S(C)(=O)=O)cc3)CC2)on1. The van der Waals surface area contributed by atoms with Crippen molar-refractivity contribution in [2.75, 3.05) is 32.4 Å². The molecule has 1 aliphatic heterocycles. The van der Waals surface area contributed by atoms with E-state index in [9.17, 15) is 13.2 Å². The third-order valence-corrected chi connectivity index (χ3v) is 5.37. The molecule has 1 aliphatic rings. The monoisotopic (exact) mass is 363 g/mol. The fourth-order valence-corrected chi connectivity index (χ4v) is 3.48. The van der Waals surface area contributed by atoms with Crippen molar-refractivity contribution in [1.29, 1.82) is 0 Å². The highest BCUT2D eigenvalue weighted by atomic mass is 32.2. The van der Waals surface area contributed by atoms with Gasteiger partial charge in [0, 0.05) is 44.1 Å². The van der Waals surface area contributed by atoms with Crippen molar-refractivity contribution in [1.82, 2.24) is 15.0 Å². The average molecular weight is 363 g/mol. The molecule has 1 aromatic carbocycles. The number of nitrogens with zero attached hydrogens (tertiary/aromatic N) is 3. The van der Waals surface area contributed by atoms with E-state index in [4.69, 9.17) is 4.52 Å². The van der Waals surface area contributed by atoms with Gasteiger partial charge in [-0.05, 0) is 31.2 Å². The molecular formula is C17H21N3O4S. The number of aromatic nitrogens is 1. The minimum Gasteiger partial charge on any atom is -0.360 e. The van der Waals surface area contributed by atoms with Crippen molar-refractivity contribution in [2.45, 2.75) is 18.4 Å². The first-order valence-electron chi connectivity index (χ1n) is 8.07. The van der Waals surface area contributed by atoms with Gasteiger partial charge in [-0.3, -0.25) is 9.69 Å². The summed E-state index contributed by atoms with van der Waals surface area (Å²) in [6.07, 6.45) is 1.15. The highest BCUT2D eigenvalue weighted by Crippen LogP contribution is 2.15. The lowest BCUT2D eigenvalue weighted by Crippen LogP contribution is -2.48. The van der Waals surface area contributed by atoms with Crippen LogP contribution in [-0.2, 0) is 16.4 Å². The van der Waals surface area contributed by atoms with Crippen LogP contribution in [0.25, 0.3) is 0 Å². The molecule has 1 fully saturated rings. The molecule has 0 spiro atoms. The number of benzene rings is 1. The van der Waals surface area contributed by atoms with Crippen molar-refractivity contribution in [2.24, 2.45) is 0 Å². The van der Waals surface area contributed by atoms with Gasteiger partial charge in [0.25, 0.3) is 5.91 Å². The molecule has 2 heterocycles. The summed E-state index contributed by atoms with van der Waals surface area (Å²) in [7, 11) is -3.25. The summed E-state index contributed by atoms with van der Waals surface area (Å²) in [6.45, 7) is 5.34. The third-order valence-electron chi connectivity index (χ3n) is 4.25. The normalized spacial score (nSPS) is 16.2. The number of carbonyl (C=O) groups excluding carboxylic acids is 1. The first kappa shape index (κ1) is 17.6. The molecule has 1 amide bonds. The maximum Gasteiger partial charge on any atom is 0.253 e. The van der Waals surface area contributed by atoms with Crippen LogP contribution in [0.2, 0.25) is 0 Å². The van der Waals surface area contributed by atoms with Crippen LogP contribution in [0.1, 0.15) is 21.8 Å². The molecule has 7 nitrogen and oxygen atoms in total. The Morgan fingerprint density at radius 3 is 2.32 bits per heavy atom. The zero-order chi connectivity index (χ0) is 18.0. The Bertz CT molecular complexity index is 850. The van der Waals surface area contributed by atoms with Crippen molar-refractivity contribution in [3.8, 4) is 0 Å². The van der Waals surface area contributed by atoms with Gasteiger partial charge in [-0.2, -0.15) is 0 Å². The zero-order valence-corrected chi connectivity index (χ0v) is 15.1. The first-order valence-corrected chi connectivity index (χ1v) is 9.96. The van der Waals surface area contributed by atoms with E-state index in [0.29, 0.717) is 25.2 Å². The molecule has 0 saturated carbocycles. The minimum absolute atomic E-state index is 0.0739. The van der Waals surface area contributed by atoms with Crippen molar-refractivity contribution >= 4 is 15.7 Å². The maximum atomic E-state index is 12.6. The Kier molecular flexibility index (Phi) is 4.91. The van der Waals surface area contributed by atoms with Gasteiger partial charge in [0.05, 0.1) is 17.1 Å². The molecule has 0 unspecified atom stereocenters. The number of amides is 1. The topological polar surface area (TPSA) is 83.7 Å². The maximum absolute atomic E-state index is 12.6. The lowest BCUT2D eigenvalue weighted by atomic mass is 10.2. The largest absolute Gasteiger partial charge is 0.360 e. The van der Waals surface area contributed by atoms with E-state index in [1.54, 1.807) is 17.0 Å². The van der Waals surface area contributed by atoms with Crippen LogP contribution in [0.5, 0.6) is 0 Å². The fourth-order valence-electron chi connectivity index (χ4n) is 2.85. The Labute approximate surface area is 147 Å². The zero-order valence-electron chi connectivity index (χ0n) is 14.3. The molecule has 0 radical (unpaired) electrons. The minimum atomic E-state index is -3.25. The van der Waals surface area contributed by atoms with E-state index >= 15 is 0 Å². The Morgan fingerprint density at radius 1 is 1.16 bits per heavy atom. The lowest BCUT2D eigenvalue weighted by molar-refractivity contribution is 0.0617. The van der Waals surface area contributed by atoms with E-state index in [1.807, 2.05) is 13.0 Å². The van der Waals surface area contributed by atoms with Crippen LogP contribution >= 0.6 is 0 Å².